The number of halogens is 1. The summed E-state index contributed by atoms with van der Waals surface area (Å²) in [7, 11) is 0. The van der Waals surface area contributed by atoms with Gasteiger partial charge in [0.25, 0.3) is 0 Å². The predicted molar refractivity (Wildman–Crippen MR) is 67.0 cm³/mol. The Labute approximate surface area is 100 Å². The van der Waals surface area contributed by atoms with Crippen LogP contribution in [0.1, 0.15) is 26.2 Å². The zero-order valence-electron chi connectivity index (χ0n) is 9.22. The van der Waals surface area contributed by atoms with Gasteiger partial charge in [-0.3, -0.25) is 4.79 Å². The Morgan fingerprint density at radius 2 is 2.25 bits per heavy atom. The van der Waals surface area contributed by atoms with Crippen molar-refractivity contribution in [1.82, 2.24) is 0 Å². The van der Waals surface area contributed by atoms with Gasteiger partial charge in [-0.2, -0.15) is 0 Å². The SMILES string of the molecule is CCCC1CC(=O)Nc2cc(Cl)ccc2N1. The highest BCUT2D eigenvalue weighted by molar-refractivity contribution is 6.31. The van der Waals surface area contributed by atoms with Crippen molar-refractivity contribution in [2.45, 2.75) is 32.2 Å². The minimum Gasteiger partial charge on any atom is -0.380 e. The van der Waals surface area contributed by atoms with Crippen LogP contribution in [0.25, 0.3) is 0 Å². The van der Waals surface area contributed by atoms with Crippen LogP contribution in [-0.2, 0) is 4.79 Å². The van der Waals surface area contributed by atoms with Crippen molar-refractivity contribution < 1.29 is 4.79 Å². The third-order valence-electron chi connectivity index (χ3n) is 2.68. The lowest BCUT2D eigenvalue weighted by Crippen LogP contribution is -2.22. The first-order valence-electron chi connectivity index (χ1n) is 5.55. The molecule has 2 rings (SSSR count). The summed E-state index contributed by atoms with van der Waals surface area (Å²) in [5.41, 5.74) is 1.73. The maximum atomic E-state index is 11.6. The fourth-order valence-corrected chi connectivity index (χ4v) is 2.14. The van der Waals surface area contributed by atoms with Gasteiger partial charge in [-0.05, 0) is 24.6 Å². The Morgan fingerprint density at radius 1 is 1.44 bits per heavy atom. The van der Waals surface area contributed by atoms with Crippen molar-refractivity contribution in [1.29, 1.82) is 0 Å². The van der Waals surface area contributed by atoms with Gasteiger partial charge in [0.1, 0.15) is 0 Å². The number of nitrogens with one attached hydrogen (secondary N) is 2. The summed E-state index contributed by atoms with van der Waals surface area (Å²) in [6, 6.07) is 5.73. The van der Waals surface area contributed by atoms with Crippen LogP contribution in [0, 0.1) is 0 Å². The molecule has 0 saturated carbocycles. The van der Waals surface area contributed by atoms with E-state index in [4.69, 9.17) is 11.6 Å². The summed E-state index contributed by atoms with van der Waals surface area (Å²) >= 11 is 5.90. The van der Waals surface area contributed by atoms with E-state index < -0.39 is 0 Å². The first kappa shape index (κ1) is 11.3. The molecule has 86 valence electrons. The Balaban J connectivity index is 2.28. The van der Waals surface area contributed by atoms with Crippen LogP contribution in [-0.4, -0.2) is 11.9 Å². The summed E-state index contributed by atoms with van der Waals surface area (Å²) < 4.78 is 0. The molecule has 1 amide bonds. The van der Waals surface area contributed by atoms with Crippen LogP contribution in [0.5, 0.6) is 0 Å². The quantitative estimate of drug-likeness (QED) is 0.830. The average molecular weight is 239 g/mol. The van der Waals surface area contributed by atoms with Gasteiger partial charge in [-0.25, -0.2) is 0 Å². The van der Waals surface area contributed by atoms with Gasteiger partial charge in [0, 0.05) is 17.5 Å². The highest BCUT2D eigenvalue weighted by Gasteiger charge is 2.19. The first-order chi connectivity index (χ1) is 7.69. The molecule has 16 heavy (non-hydrogen) atoms. The first-order valence-corrected chi connectivity index (χ1v) is 5.92. The summed E-state index contributed by atoms with van der Waals surface area (Å²) in [6.07, 6.45) is 2.57. The predicted octanol–water partition coefficient (Wildman–Crippen LogP) is 3.26. The van der Waals surface area contributed by atoms with Crippen molar-refractivity contribution in [2.75, 3.05) is 10.6 Å². The largest absolute Gasteiger partial charge is 0.380 e. The molecule has 0 aliphatic carbocycles. The molecule has 0 radical (unpaired) electrons. The van der Waals surface area contributed by atoms with Crippen LogP contribution >= 0.6 is 11.6 Å². The fraction of sp³-hybridized carbons (Fsp3) is 0.417. The highest BCUT2D eigenvalue weighted by atomic mass is 35.5. The van der Waals surface area contributed by atoms with Crippen LogP contribution in [0.15, 0.2) is 18.2 Å². The van der Waals surface area contributed by atoms with E-state index in [1.54, 1.807) is 6.07 Å². The number of benzene rings is 1. The summed E-state index contributed by atoms with van der Waals surface area (Å²) in [5.74, 6) is 0.0481. The van der Waals surface area contributed by atoms with Gasteiger partial charge in [0.15, 0.2) is 0 Å². The molecular formula is C12H15ClN2O. The molecule has 0 fully saturated rings. The van der Waals surface area contributed by atoms with E-state index in [1.165, 1.54) is 0 Å². The van der Waals surface area contributed by atoms with E-state index in [0.29, 0.717) is 11.4 Å². The Kier molecular flexibility index (Phi) is 3.34. The molecule has 1 unspecified atom stereocenters. The van der Waals surface area contributed by atoms with E-state index in [-0.39, 0.29) is 11.9 Å². The van der Waals surface area contributed by atoms with Crippen molar-refractivity contribution in [3.05, 3.63) is 23.2 Å². The molecule has 1 aromatic rings. The normalized spacial score (nSPS) is 19.4. The van der Waals surface area contributed by atoms with Crippen LogP contribution in [0.4, 0.5) is 11.4 Å². The number of amides is 1. The Hall–Kier alpha value is -1.22. The van der Waals surface area contributed by atoms with Crippen molar-refractivity contribution in [3.8, 4) is 0 Å². The minimum absolute atomic E-state index is 0.0481. The summed E-state index contributed by atoms with van der Waals surface area (Å²) in [6.45, 7) is 2.12. The standard InChI is InChI=1S/C12H15ClN2O/c1-2-3-9-7-12(16)15-11-6-8(13)4-5-10(11)14-9/h4-6,9,14H,2-3,7H2,1H3,(H,15,16). The summed E-state index contributed by atoms with van der Waals surface area (Å²) in [4.78, 5) is 11.6. The topological polar surface area (TPSA) is 41.1 Å². The van der Waals surface area contributed by atoms with Crippen molar-refractivity contribution in [2.24, 2.45) is 0 Å². The van der Waals surface area contributed by atoms with Gasteiger partial charge < -0.3 is 10.6 Å². The van der Waals surface area contributed by atoms with E-state index in [2.05, 4.69) is 17.6 Å². The number of carbonyl (C=O) groups excluding carboxylic acids is 1. The second kappa shape index (κ2) is 4.74. The molecule has 1 aromatic carbocycles. The number of rotatable bonds is 2. The zero-order valence-corrected chi connectivity index (χ0v) is 9.97. The number of fused-ring (bicyclic) bond motifs is 1. The Bertz CT molecular complexity index is 406. The number of anilines is 2. The second-order valence-electron chi connectivity index (χ2n) is 4.07. The molecule has 1 atom stereocenters. The van der Waals surface area contributed by atoms with Crippen LogP contribution < -0.4 is 10.6 Å². The van der Waals surface area contributed by atoms with Gasteiger partial charge >= 0.3 is 0 Å². The lowest BCUT2D eigenvalue weighted by molar-refractivity contribution is -0.116. The smallest absolute Gasteiger partial charge is 0.226 e. The molecule has 0 bridgehead atoms. The maximum Gasteiger partial charge on any atom is 0.226 e. The third-order valence-corrected chi connectivity index (χ3v) is 2.92. The molecule has 1 aliphatic heterocycles. The lowest BCUT2D eigenvalue weighted by atomic mass is 10.1. The minimum atomic E-state index is 0.0481. The van der Waals surface area contributed by atoms with Crippen LogP contribution in [0.2, 0.25) is 5.02 Å². The van der Waals surface area contributed by atoms with E-state index in [0.717, 1.165) is 24.2 Å². The molecule has 0 saturated heterocycles. The average Bonchev–Trinajstić information content (AvgIpc) is 2.36. The summed E-state index contributed by atoms with van der Waals surface area (Å²) in [5, 5.41) is 6.88. The highest BCUT2D eigenvalue weighted by Crippen LogP contribution is 2.29. The zero-order chi connectivity index (χ0) is 11.5. The van der Waals surface area contributed by atoms with Gasteiger partial charge in [0.2, 0.25) is 5.91 Å². The third kappa shape index (κ3) is 2.47. The second-order valence-corrected chi connectivity index (χ2v) is 4.51. The fourth-order valence-electron chi connectivity index (χ4n) is 1.96. The molecule has 1 aliphatic rings. The molecule has 0 spiro atoms. The number of hydrogen-bond acceptors (Lipinski definition) is 2. The Morgan fingerprint density at radius 3 is 3.00 bits per heavy atom. The maximum absolute atomic E-state index is 11.6. The van der Waals surface area contributed by atoms with Gasteiger partial charge in [-0.15, -0.1) is 0 Å². The van der Waals surface area contributed by atoms with E-state index >= 15 is 0 Å². The van der Waals surface area contributed by atoms with Crippen molar-refractivity contribution >= 4 is 28.9 Å². The van der Waals surface area contributed by atoms with Crippen molar-refractivity contribution in [3.63, 3.8) is 0 Å². The molecule has 0 aromatic heterocycles. The van der Waals surface area contributed by atoms with Gasteiger partial charge in [0.05, 0.1) is 11.4 Å². The van der Waals surface area contributed by atoms with Gasteiger partial charge in [-0.1, -0.05) is 24.9 Å². The molecule has 2 N–H and O–H groups in total. The monoisotopic (exact) mass is 238 g/mol. The lowest BCUT2D eigenvalue weighted by Gasteiger charge is -2.15. The molecular weight excluding hydrogens is 224 g/mol. The van der Waals surface area contributed by atoms with Crippen LogP contribution in [0.3, 0.4) is 0 Å². The molecule has 4 heteroatoms. The molecule has 3 nitrogen and oxygen atoms in total. The number of hydrogen-bond donors (Lipinski definition) is 2. The molecule has 1 heterocycles. The van der Waals surface area contributed by atoms with E-state index in [1.807, 2.05) is 12.1 Å². The number of carbonyl (C=O) groups is 1. The van der Waals surface area contributed by atoms with E-state index in [9.17, 15) is 4.79 Å².